The van der Waals surface area contributed by atoms with Gasteiger partial charge in [0.25, 0.3) is 5.91 Å². The van der Waals surface area contributed by atoms with Crippen LogP contribution in [-0.2, 0) is 4.79 Å². The highest BCUT2D eigenvalue weighted by atomic mass is 35.5. The Morgan fingerprint density at radius 3 is 2.73 bits per heavy atom. The van der Waals surface area contributed by atoms with E-state index in [0.29, 0.717) is 29.6 Å². The maximum Gasteiger partial charge on any atom is 0.260 e. The average Bonchev–Trinajstić information content (AvgIpc) is 2.64. The molecule has 0 N–H and O–H groups in total. The molecule has 1 aliphatic rings. The molecule has 2 heterocycles. The quantitative estimate of drug-likeness (QED) is 0.826. The first kappa shape index (κ1) is 18.2. The van der Waals surface area contributed by atoms with Crippen molar-refractivity contribution in [1.29, 1.82) is 0 Å². The predicted molar refractivity (Wildman–Crippen MR) is 99.7 cm³/mol. The zero-order chi connectivity index (χ0) is 18.7. The highest BCUT2D eigenvalue weighted by molar-refractivity contribution is 6.30. The zero-order valence-corrected chi connectivity index (χ0v) is 15.4. The molecule has 0 spiro atoms. The van der Waals surface area contributed by atoms with Crippen molar-refractivity contribution in [2.24, 2.45) is 0 Å². The van der Waals surface area contributed by atoms with Crippen LogP contribution in [0, 0.1) is 0 Å². The molecule has 26 heavy (non-hydrogen) atoms. The number of amides is 2. The van der Waals surface area contributed by atoms with E-state index in [2.05, 4.69) is 4.98 Å². The van der Waals surface area contributed by atoms with E-state index in [0.717, 1.165) is 5.69 Å². The summed E-state index contributed by atoms with van der Waals surface area (Å²) in [6.07, 6.45) is 1.58. The van der Waals surface area contributed by atoms with Crippen molar-refractivity contribution < 1.29 is 14.3 Å². The van der Waals surface area contributed by atoms with E-state index >= 15 is 0 Å². The van der Waals surface area contributed by atoms with Crippen molar-refractivity contribution in [2.75, 3.05) is 24.6 Å². The lowest BCUT2D eigenvalue weighted by Gasteiger charge is -2.39. The molecule has 0 aliphatic carbocycles. The minimum Gasteiger partial charge on any atom is -0.477 e. The second kappa shape index (κ2) is 7.74. The molecule has 1 aromatic carbocycles. The van der Waals surface area contributed by atoms with Crippen LogP contribution in [0.4, 0.5) is 5.69 Å². The highest BCUT2D eigenvalue weighted by Gasteiger charge is 2.34. The number of nitrogens with zero attached hydrogens (tertiary/aromatic N) is 3. The van der Waals surface area contributed by atoms with Gasteiger partial charge in [-0.3, -0.25) is 9.59 Å². The summed E-state index contributed by atoms with van der Waals surface area (Å²) in [5.74, 6) is -0.0986. The van der Waals surface area contributed by atoms with Crippen LogP contribution in [-0.4, -0.2) is 47.4 Å². The average molecular weight is 374 g/mol. The van der Waals surface area contributed by atoms with E-state index in [9.17, 15) is 9.59 Å². The maximum atomic E-state index is 13.0. The summed E-state index contributed by atoms with van der Waals surface area (Å²) < 4.78 is 5.45. The fourth-order valence-corrected chi connectivity index (χ4v) is 3.08. The molecule has 1 fully saturated rings. The lowest BCUT2D eigenvalue weighted by Crippen LogP contribution is -2.57. The van der Waals surface area contributed by atoms with Crippen molar-refractivity contribution in [1.82, 2.24) is 9.88 Å². The standard InChI is InChI=1S/C19H20ClN3O3/c1-3-26-18-16(5-4-10-21-18)19(25)22-12-17(24)23(11-13(22)2)15-8-6-14(20)7-9-15/h4-10,13H,3,11-12H2,1-2H3/t13-/m0/s1. The lowest BCUT2D eigenvalue weighted by molar-refractivity contribution is -0.121. The summed E-state index contributed by atoms with van der Waals surface area (Å²) in [7, 11) is 0. The smallest absolute Gasteiger partial charge is 0.260 e. The molecule has 0 saturated carbocycles. The van der Waals surface area contributed by atoms with Crippen molar-refractivity contribution in [3.63, 3.8) is 0 Å². The number of ether oxygens (including phenoxy) is 1. The molecule has 136 valence electrons. The molecule has 1 aliphatic heterocycles. The fourth-order valence-electron chi connectivity index (χ4n) is 2.95. The summed E-state index contributed by atoms with van der Waals surface area (Å²) in [5.41, 5.74) is 1.14. The third-order valence-electron chi connectivity index (χ3n) is 4.27. The van der Waals surface area contributed by atoms with E-state index in [-0.39, 0.29) is 24.4 Å². The molecule has 3 rings (SSSR count). The molecule has 0 radical (unpaired) electrons. The number of pyridine rings is 1. The van der Waals surface area contributed by atoms with E-state index in [1.165, 1.54) is 0 Å². The van der Waals surface area contributed by atoms with Crippen molar-refractivity contribution in [3.8, 4) is 5.88 Å². The Hall–Kier alpha value is -2.60. The SMILES string of the molecule is CCOc1ncccc1C(=O)N1CC(=O)N(c2ccc(Cl)cc2)C[C@@H]1C. The topological polar surface area (TPSA) is 62.7 Å². The van der Waals surface area contributed by atoms with Crippen LogP contribution in [0.3, 0.4) is 0 Å². The second-order valence-electron chi connectivity index (χ2n) is 6.05. The minimum atomic E-state index is -0.252. The monoisotopic (exact) mass is 373 g/mol. The number of anilines is 1. The Morgan fingerprint density at radius 2 is 2.04 bits per heavy atom. The van der Waals surface area contributed by atoms with Crippen molar-refractivity contribution >= 4 is 29.1 Å². The number of aromatic nitrogens is 1. The number of rotatable bonds is 4. The Bertz CT molecular complexity index is 810. The summed E-state index contributed by atoms with van der Waals surface area (Å²) in [6.45, 7) is 4.58. The molecule has 7 heteroatoms. The summed E-state index contributed by atoms with van der Waals surface area (Å²) in [5, 5.41) is 0.614. The lowest BCUT2D eigenvalue weighted by atomic mass is 10.1. The number of piperazine rings is 1. The molecule has 6 nitrogen and oxygen atoms in total. The minimum absolute atomic E-state index is 0.00306. The molecule has 0 bridgehead atoms. The number of carbonyl (C=O) groups is 2. The number of hydrogen-bond donors (Lipinski definition) is 0. The number of carbonyl (C=O) groups excluding carboxylic acids is 2. The molecule has 2 aromatic rings. The Kier molecular flexibility index (Phi) is 5.42. The van der Waals surface area contributed by atoms with Crippen LogP contribution < -0.4 is 9.64 Å². The van der Waals surface area contributed by atoms with Gasteiger partial charge < -0.3 is 14.5 Å². The zero-order valence-electron chi connectivity index (χ0n) is 14.7. The second-order valence-corrected chi connectivity index (χ2v) is 6.49. The van der Waals surface area contributed by atoms with Gasteiger partial charge in [0.05, 0.1) is 6.61 Å². The van der Waals surface area contributed by atoms with Gasteiger partial charge in [0.15, 0.2) is 0 Å². The van der Waals surface area contributed by atoms with Crippen LogP contribution in [0.25, 0.3) is 0 Å². The van der Waals surface area contributed by atoms with Gasteiger partial charge in [0.2, 0.25) is 11.8 Å². The number of hydrogen-bond acceptors (Lipinski definition) is 4. The molecule has 2 amide bonds. The maximum absolute atomic E-state index is 13.0. The van der Waals surface area contributed by atoms with Gasteiger partial charge in [-0.05, 0) is 50.2 Å². The first-order valence-corrected chi connectivity index (χ1v) is 8.83. The van der Waals surface area contributed by atoms with Crippen LogP contribution in [0.2, 0.25) is 5.02 Å². The predicted octanol–water partition coefficient (Wildman–Crippen LogP) is 3.01. The Morgan fingerprint density at radius 1 is 1.31 bits per heavy atom. The van der Waals surface area contributed by atoms with Gasteiger partial charge in [-0.1, -0.05) is 11.6 Å². The summed E-state index contributed by atoms with van der Waals surface area (Å²) >= 11 is 5.91. The summed E-state index contributed by atoms with van der Waals surface area (Å²) in [6, 6.07) is 10.3. The molecule has 1 aromatic heterocycles. The van der Waals surface area contributed by atoms with Gasteiger partial charge in [-0.2, -0.15) is 0 Å². The summed E-state index contributed by atoms with van der Waals surface area (Å²) in [4.78, 5) is 33.0. The van der Waals surface area contributed by atoms with Crippen LogP contribution in [0.5, 0.6) is 5.88 Å². The van der Waals surface area contributed by atoms with E-state index in [1.54, 1.807) is 52.4 Å². The van der Waals surface area contributed by atoms with Crippen LogP contribution >= 0.6 is 11.6 Å². The van der Waals surface area contributed by atoms with Gasteiger partial charge in [0.1, 0.15) is 12.1 Å². The number of benzene rings is 1. The van der Waals surface area contributed by atoms with Gasteiger partial charge in [-0.25, -0.2) is 4.98 Å². The van der Waals surface area contributed by atoms with Gasteiger partial charge in [-0.15, -0.1) is 0 Å². The molecule has 1 saturated heterocycles. The van der Waals surface area contributed by atoms with Crippen molar-refractivity contribution in [3.05, 3.63) is 53.2 Å². The first-order chi connectivity index (χ1) is 12.5. The highest BCUT2D eigenvalue weighted by Crippen LogP contribution is 2.25. The van der Waals surface area contributed by atoms with E-state index in [1.807, 2.05) is 13.8 Å². The van der Waals surface area contributed by atoms with E-state index in [4.69, 9.17) is 16.3 Å². The Balaban J connectivity index is 1.80. The normalized spacial score (nSPS) is 17.3. The van der Waals surface area contributed by atoms with Crippen LogP contribution in [0.15, 0.2) is 42.6 Å². The fraction of sp³-hybridized carbons (Fsp3) is 0.316. The molecule has 0 unspecified atom stereocenters. The van der Waals surface area contributed by atoms with Gasteiger partial charge >= 0.3 is 0 Å². The first-order valence-electron chi connectivity index (χ1n) is 8.46. The third kappa shape index (κ3) is 3.65. The van der Waals surface area contributed by atoms with Gasteiger partial charge in [0, 0.05) is 29.5 Å². The third-order valence-corrected chi connectivity index (χ3v) is 4.52. The van der Waals surface area contributed by atoms with E-state index < -0.39 is 0 Å². The largest absolute Gasteiger partial charge is 0.477 e. The molecule has 1 atom stereocenters. The molecular formula is C19H20ClN3O3. The Labute approximate surface area is 157 Å². The number of halogens is 1. The van der Waals surface area contributed by atoms with Crippen LogP contribution in [0.1, 0.15) is 24.2 Å². The molecular weight excluding hydrogens is 354 g/mol. The van der Waals surface area contributed by atoms with Crippen molar-refractivity contribution in [2.45, 2.75) is 19.9 Å².